The Morgan fingerprint density at radius 2 is 1.58 bits per heavy atom. The first kappa shape index (κ1) is 16.5. The summed E-state index contributed by atoms with van der Waals surface area (Å²) in [5.74, 6) is -1.26. The number of halogens is 3. The Hall–Kier alpha value is -0.940. The summed E-state index contributed by atoms with van der Waals surface area (Å²) in [6, 6.07) is 0.636. The van der Waals surface area contributed by atoms with Crippen molar-refractivity contribution >= 4 is 6.03 Å². The monoisotopic (exact) mass is 344 g/mol. The van der Waals surface area contributed by atoms with Gasteiger partial charge in [0.15, 0.2) is 0 Å². The topological polar surface area (TPSA) is 32.3 Å². The minimum atomic E-state index is -4.09. The molecule has 0 radical (unpaired) electrons. The van der Waals surface area contributed by atoms with Gasteiger partial charge < -0.3 is 10.2 Å². The lowest BCUT2D eigenvalue weighted by Crippen LogP contribution is -2.64. The molecule has 0 aromatic heterocycles. The van der Waals surface area contributed by atoms with Gasteiger partial charge in [-0.2, -0.15) is 13.2 Å². The van der Waals surface area contributed by atoms with Crippen molar-refractivity contribution in [2.75, 3.05) is 0 Å². The zero-order chi connectivity index (χ0) is 16.9. The fourth-order valence-corrected chi connectivity index (χ4v) is 5.52. The Labute approximate surface area is 141 Å². The standard InChI is InChI=1S/C18H27F3N2O/c19-18(20,21)16-8-7-12(9-15(16)11-3-1-4-11)22-17(24)23-13-5-2-6-14(23)10-13/h11-16H,1-10H2,(H,22,24). The molecule has 4 fully saturated rings. The highest BCUT2D eigenvalue weighted by molar-refractivity contribution is 5.76. The van der Waals surface area contributed by atoms with Crippen LogP contribution in [0.15, 0.2) is 0 Å². The molecule has 3 nitrogen and oxygen atoms in total. The van der Waals surface area contributed by atoms with Crippen molar-refractivity contribution in [1.82, 2.24) is 10.2 Å². The molecule has 2 saturated heterocycles. The Bertz CT molecular complexity index is 477. The lowest BCUT2D eigenvalue weighted by atomic mass is 9.64. The maximum atomic E-state index is 13.4. The van der Waals surface area contributed by atoms with Crippen molar-refractivity contribution < 1.29 is 18.0 Å². The highest BCUT2D eigenvalue weighted by atomic mass is 19.4. The molecule has 5 unspecified atom stereocenters. The van der Waals surface area contributed by atoms with Crippen molar-refractivity contribution in [1.29, 1.82) is 0 Å². The Kier molecular flexibility index (Phi) is 4.20. The van der Waals surface area contributed by atoms with E-state index in [9.17, 15) is 18.0 Å². The Morgan fingerprint density at radius 1 is 0.917 bits per heavy atom. The van der Waals surface area contributed by atoms with E-state index in [1.807, 2.05) is 4.90 Å². The van der Waals surface area contributed by atoms with Crippen LogP contribution in [0.25, 0.3) is 0 Å². The zero-order valence-electron chi connectivity index (χ0n) is 14.0. The highest BCUT2D eigenvalue weighted by Gasteiger charge is 2.51. The van der Waals surface area contributed by atoms with Crippen molar-refractivity contribution in [3.05, 3.63) is 0 Å². The van der Waals surface area contributed by atoms with E-state index in [1.54, 1.807) is 0 Å². The van der Waals surface area contributed by atoms with E-state index in [0.717, 1.165) is 38.5 Å². The molecule has 2 bridgehead atoms. The van der Waals surface area contributed by atoms with Crippen LogP contribution in [-0.4, -0.2) is 35.2 Å². The summed E-state index contributed by atoms with van der Waals surface area (Å²) < 4.78 is 40.1. The third-order valence-corrected chi connectivity index (χ3v) is 7.04. The predicted octanol–water partition coefficient (Wildman–Crippen LogP) is 4.47. The Balaban J connectivity index is 1.37. The number of hydrogen-bond acceptors (Lipinski definition) is 1. The van der Waals surface area contributed by atoms with Gasteiger partial charge >= 0.3 is 12.2 Å². The number of fused-ring (bicyclic) bond motifs is 2. The average molecular weight is 344 g/mol. The zero-order valence-corrected chi connectivity index (χ0v) is 14.0. The number of rotatable bonds is 2. The predicted molar refractivity (Wildman–Crippen MR) is 84.4 cm³/mol. The molecule has 136 valence electrons. The molecule has 2 heterocycles. The van der Waals surface area contributed by atoms with Gasteiger partial charge in [-0.1, -0.05) is 19.3 Å². The van der Waals surface area contributed by atoms with Gasteiger partial charge in [0.2, 0.25) is 0 Å². The minimum absolute atomic E-state index is 0.0289. The molecule has 4 aliphatic rings. The molecule has 0 aromatic rings. The smallest absolute Gasteiger partial charge is 0.335 e. The molecule has 5 atom stereocenters. The molecule has 6 heteroatoms. The van der Waals surface area contributed by atoms with Crippen molar-refractivity contribution in [3.8, 4) is 0 Å². The SMILES string of the molecule is O=C(NC1CCC(C(F)(F)F)C(C2CCC2)C1)N1C2CCCC1C2. The number of alkyl halides is 3. The average Bonchev–Trinajstić information content (AvgIpc) is 2.45. The number of carbonyl (C=O) groups is 1. The number of nitrogens with one attached hydrogen (secondary N) is 1. The van der Waals surface area contributed by atoms with E-state index >= 15 is 0 Å². The van der Waals surface area contributed by atoms with Crippen LogP contribution in [-0.2, 0) is 0 Å². The van der Waals surface area contributed by atoms with Crippen molar-refractivity contribution in [2.24, 2.45) is 17.8 Å². The summed E-state index contributed by atoms with van der Waals surface area (Å²) in [6.45, 7) is 0. The summed E-state index contributed by atoms with van der Waals surface area (Å²) in [4.78, 5) is 14.5. The molecule has 2 aliphatic heterocycles. The minimum Gasteiger partial charge on any atom is -0.335 e. The Morgan fingerprint density at radius 3 is 2.12 bits per heavy atom. The third kappa shape index (κ3) is 2.90. The number of nitrogens with zero attached hydrogens (tertiary/aromatic N) is 1. The van der Waals surface area contributed by atoms with Crippen LogP contribution in [0.2, 0.25) is 0 Å². The summed E-state index contributed by atoms with van der Waals surface area (Å²) in [5, 5.41) is 3.07. The van der Waals surface area contributed by atoms with Gasteiger partial charge in [-0.15, -0.1) is 0 Å². The van der Waals surface area contributed by atoms with Crippen LogP contribution in [0.3, 0.4) is 0 Å². The lowest BCUT2D eigenvalue weighted by molar-refractivity contribution is -0.206. The largest absolute Gasteiger partial charge is 0.392 e. The fourth-order valence-electron chi connectivity index (χ4n) is 5.52. The number of piperidine rings is 1. The summed E-state index contributed by atoms with van der Waals surface area (Å²) in [7, 11) is 0. The molecular weight excluding hydrogens is 317 g/mol. The molecule has 1 N–H and O–H groups in total. The first-order valence-corrected chi connectivity index (χ1v) is 9.59. The molecule has 4 rings (SSSR count). The van der Waals surface area contributed by atoms with E-state index in [-0.39, 0.29) is 30.3 Å². The van der Waals surface area contributed by atoms with Crippen LogP contribution < -0.4 is 5.32 Å². The first-order valence-electron chi connectivity index (χ1n) is 9.59. The maximum absolute atomic E-state index is 13.4. The lowest BCUT2D eigenvalue weighted by Gasteiger charge is -2.53. The second kappa shape index (κ2) is 6.10. The van der Waals surface area contributed by atoms with Crippen LogP contribution >= 0.6 is 0 Å². The molecular formula is C18H27F3N2O. The van der Waals surface area contributed by atoms with E-state index in [2.05, 4.69) is 5.32 Å². The van der Waals surface area contributed by atoms with Gasteiger partial charge in [0, 0.05) is 18.1 Å². The molecule has 0 spiro atoms. The number of amides is 2. The van der Waals surface area contributed by atoms with Crippen LogP contribution in [0.1, 0.15) is 64.2 Å². The van der Waals surface area contributed by atoms with Gasteiger partial charge in [-0.05, 0) is 56.8 Å². The quantitative estimate of drug-likeness (QED) is 0.787. The number of hydrogen-bond donors (Lipinski definition) is 1. The number of carbonyl (C=O) groups excluding carboxylic acids is 1. The molecule has 2 aliphatic carbocycles. The van der Waals surface area contributed by atoms with E-state index in [4.69, 9.17) is 0 Å². The second-order valence-electron chi connectivity index (χ2n) is 8.34. The van der Waals surface area contributed by atoms with E-state index in [1.165, 1.54) is 6.42 Å². The second-order valence-corrected chi connectivity index (χ2v) is 8.34. The third-order valence-electron chi connectivity index (χ3n) is 7.04. The number of urea groups is 1. The molecule has 24 heavy (non-hydrogen) atoms. The van der Waals surface area contributed by atoms with Crippen LogP contribution in [0, 0.1) is 17.8 Å². The highest BCUT2D eigenvalue weighted by Crippen LogP contribution is 2.49. The van der Waals surface area contributed by atoms with Gasteiger partial charge in [0.1, 0.15) is 0 Å². The van der Waals surface area contributed by atoms with Gasteiger partial charge in [-0.3, -0.25) is 0 Å². The van der Waals surface area contributed by atoms with Crippen molar-refractivity contribution in [2.45, 2.75) is 88.5 Å². The van der Waals surface area contributed by atoms with Crippen LogP contribution in [0.4, 0.5) is 18.0 Å². The fraction of sp³-hybridized carbons (Fsp3) is 0.944. The summed E-state index contributed by atoms with van der Waals surface area (Å²) >= 11 is 0. The van der Waals surface area contributed by atoms with E-state index in [0.29, 0.717) is 24.9 Å². The maximum Gasteiger partial charge on any atom is 0.392 e. The van der Waals surface area contributed by atoms with Crippen molar-refractivity contribution in [3.63, 3.8) is 0 Å². The molecule has 2 saturated carbocycles. The van der Waals surface area contributed by atoms with Gasteiger partial charge in [-0.25, -0.2) is 4.79 Å². The van der Waals surface area contributed by atoms with Crippen LogP contribution in [0.5, 0.6) is 0 Å². The van der Waals surface area contributed by atoms with Gasteiger partial charge in [0.25, 0.3) is 0 Å². The molecule has 0 aromatic carbocycles. The summed E-state index contributed by atoms with van der Waals surface area (Å²) in [6.07, 6.45) is 4.41. The van der Waals surface area contributed by atoms with E-state index < -0.39 is 12.1 Å². The normalized spacial score (nSPS) is 39.8. The van der Waals surface area contributed by atoms with Gasteiger partial charge in [0.05, 0.1) is 5.92 Å². The first-order chi connectivity index (χ1) is 11.4. The summed E-state index contributed by atoms with van der Waals surface area (Å²) in [5.41, 5.74) is 0. The molecule has 2 amide bonds.